The standard InChI is InChI=1S/C16H13BrFN3/c1-21(2)16-12-9-10(17)7-8-14(12)19-15(20-16)11-5-3-4-6-13(11)18/h3-9H,1-2H3. The lowest BCUT2D eigenvalue weighted by atomic mass is 10.1. The van der Waals surface area contributed by atoms with Gasteiger partial charge in [-0.25, -0.2) is 14.4 Å². The van der Waals surface area contributed by atoms with Gasteiger partial charge in [-0.05, 0) is 30.3 Å². The first kappa shape index (κ1) is 13.9. The van der Waals surface area contributed by atoms with Gasteiger partial charge < -0.3 is 4.90 Å². The fourth-order valence-corrected chi connectivity index (χ4v) is 2.55. The Morgan fingerprint density at radius 2 is 1.81 bits per heavy atom. The number of rotatable bonds is 2. The minimum atomic E-state index is -0.321. The predicted molar refractivity (Wildman–Crippen MR) is 87.0 cm³/mol. The lowest BCUT2D eigenvalue weighted by Crippen LogP contribution is -2.12. The number of nitrogens with zero attached hydrogens (tertiary/aromatic N) is 3. The van der Waals surface area contributed by atoms with E-state index in [0.717, 1.165) is 21.2 Å². The summed E-state index contributed by atoms with van der Waals surface area (Å²) in [6.07, 6.45) is 0. The van der Waals surface area contributed by atoms with Crippen molar-refractivity contribution in [1.29, 1.82) is 0 Å². The third-order valence-corrected chi connectivity index (χ3v) is 3.67. The summed E-state index contributed by atoms with van der Waals surface area (Å²) in [5.74, 6) is 0.838. The van der Waals surface area contributed by atoms with E-state index in [2.05, 4.69) is 25.9 Å². The zero-order valence-electron chi connectivity index (χ0n) is 11.6. The molecule has 0 fully saturated rings. The maximum atomic E-state index is 14.0. The van der Waals surface area contributed by atoms with E-state index in [1.165, 1.54) is 6.07 Å². The molecule has 0 bridgehead atoms. The quantitative estimate of drug-likeness (QED) is 0.694. The number of fused-ring (bicyclic) bond motifs is 1. The molecule has 0 aliphatic rings. The lowest BCUT2D eigenvalue weighted by Gasteiger charge is -2.16. The molecule has 0 atom stereocenters. The maximum Gasteiger partial charge on any atom is 0.165 e. The smallest absolute Gasteiger partial charge is 0.165 e. The van der Waals surface area contributed by atoms with Crippen molar-refractivity contribution in [3.63, 3.8) is 0 Å². The molecule has 0 amide bonds. The minimum absolute atomic E-state index is 0.321. The van der Waals surface area contributed by atoms with Gasteiger partial charge in [0.05, 0.1) is 11.1 Å². The minimum Gasteiger partial charge on any atom is -0.362 e. The first-order valence-corrected chi connectivity index (χ1v) is 7.25. The highest BCUT2D eigenvalue weighted by Crippen LogP contribution is 2.29. The van der Waals surface area contributed by atoms with Gasteiger partial charge >= 0.3 is 0 Å². The SMILES string of the molecule is CN(C)c1nc(-c2ccccc2F)nc2ccc(Br)cc12. The van der Waals surface area contributed by atoms with Crippen LogP contribution in [0, 0.1) is 5.82 Å². The highest BCUT2D eigenvalue weighted by molar-refractivity contribution is 9.10. The Kier molecular flexibility index (Phi) is 3.59. The summed E-state index contributed by atoms with van der Waals surface area (Å²) in [7, 11) is 3.82. The Bertz CT molecular complexity index is 818. The molecule has 3 rings (SSSR count). The summed E-state index contributed by atoms with van der Waals surface area (Å²) in [6.45, 7) is 0. The van der Waals surface area contributed by atoms with Crippen LogP contribution in [0.15, 0.2) is 46.9 Å². The number of hydrogen-bond acceptors (Lipinski definition) is 3. The second-order valence-electron chi connectivity index (χ2n) is 4.91. The number of anilines is 1. The zero-order chi connectivity index (χ0) is 15.0. The van der Waals surface area contributed by atoms with Gasteiger partial charge in [0.25, 0.3) is 0 Å². The second-order valence-corrected chi connectivity index (χ2v) is 5.82. The van der Waals surface area contributed by atoms with Crippen molar-refractivity contribution in [3.8, 4) is 11.4 Å². The molecule has 0 N–H and O–H groups in total. The molecule has 0 saturated carbocycles. The third-order valence-electron chi connectivity index (χ3n) is 3.18. The topological polar surface area (TPSA) is 29.0 Å². The highest BCUT2D eigenvalue weighted by Gasteiger charge is 2.13. The number of aromatic nitrogens is 2. The lowest BCUT2D eigenvalue weighted by molar-refractivity contribution is 0.630. The van der Waals surface area contributed by atoms with Crippen LogP contribution in [0.4, 0.5) is 10.2 Å². The van der Waals surface area contributed by atoms with E-state index >= 15 is 0 Å². The normalized spacial score (nSPS) is 10.9. The van der Waals surface area contributed by atoms with Crippen LogP contribution in [0.25, 0.3) is 22.3 Å². The molecule has 5 heteroatoms. The van der Waals surface area contributed by atoms with E-state index in [-0.39, 0.29) is 5.82 Å². The van der Waals surface area contributed by atoms with Crippen LogP contribution in [0.2, 0.25) is 0 Å². The van der Waals surface area contributed by atoms with E-state index in [4.69, 9.17) is 0 Å². The highest BCUT2D eigenvalue weighted by atomic mass is 79.9. The number of halogens is 2. The molecule has 1 heterocycles. The molecule has 3 aromatic rings. The van der Waals surface area contributed by atoms with Crippen LogP contribution in [-0.2, 0) is 0 Å². The van der Waals surface area contributed by atoms with Crippen molar-refractivity contribution < 1.29 is 4.39 Å². The molecule has 1 aromatic heterocycles. The Hall–Kier alpha value is -2.01. The molecule has 0 radical (unpaired) electrons. The molecule has 0 saturated heterocycles. The molecule has 0 spiro atoms. The fraction of sp³-hybridized carbons (Fsp3) is 0.125. The van der Waals surface area contributed by atoms with Crippen molar-refractivity contribution in [2.75, 3.05) is 19.0 Å². The van der Waals surface area contributed by atoms with E-state index in [1.54, 1.807) is 18.2 Å². The number of hydrogen-bond donors (Lipinski definition) is 0. The van der Waals surface area contributed by atoms with E-state index < -0.39 is 0 Å². The van der Waals surface area contributed by atoms with Gasteiger partial charge in [0.2, 0.25) is 0 Å². The third kappa shape index (κ3) is 2.61. The van der Waals surface area contributed by atoms with E-state index in [0.29, 0.717) is 11.4 Å². The summed E-state index contributed by atoms with van der Waals surface area (Å²) in [6, 6.07) is 12.3. The molecule has 106 valence electrons. The van der Waals surface area contributed by atoms with Crippen molar-refractivity contribution >= 4 is 32.7 Å². The fourth-order valence-electron chi connectivity index (χ4n) is 2.19. The Morgan fingerprint density at radius 3 is 2.52 bits per heavy atom. The van der Waals surface area contributed by atoms with Crippen molar-refractivity contribution in [2.45, 2.75) is 0 Å². The van der Waals surface area contributed by atoms with Crippen LogP contribution < -0.4 is 4.90 Å². The largest absolute Gasteiger partial charge is 0.362 e. The van der Waals surface area contributed by atoms with Gasteiger partial charge in [0.15, 0.2) is 5.82 Å². The van der Waals surface area contributed by atoms with Crippen LogP contribution in [0.3, 0.4) is 0 Å². The average molecular weight is 346 g/mol. The molecular weight excluding hydrogens is 333 g/mol. The van der Waals surface area contributed by atoms with Crippen LogP contribution in [-0.4, -0.2) is 24.1 Å². The summed E-state index contributed by atoms with van der Waals surface area (Å²) >= 11 is 3.46. The van der Waals surface area contributed by atoms with Gasteiger partial charge in [0, 0.05) is 24.0 Å². The molecule has 0 aliphatic heterocycles. The van der Waals surface area contributed by atoms with Gasteiger partial charge in [-0.3, -0.25) is 0 Å². The Morgan fingerprint density at radius 1 is 1.05 bits per heavy atom. The van der Waals surface area contributed by atoms with Crippen molar-refractivity contribution in [2.24, 2.45) is 0 Å². The average Bonchev–Trinajstić information content (AvgIpc) is 2.46. The molecule has 3 nitrogen and oxygen atoms in total. The van der Waals surface area contributed by atoms with Crippen molar-refractivity contribution in [1.82, 2.24) is 9.97 Å². The molecule has 2 aromatic carbocycles. The summed E-state index contributed by atoms with van der Waals surface area (Å²) in [5, 5.41) is 0.925. The van der Waals surface area contributed by atoms with Crippen LogP contribution in [0.1, 0.15) is 0 Å². The monoisotopic (exact) mass is 345 g/mol. The molecule has 21 heavy (non-hydrogen) atoms. The first-order valence-electron chi connectivity index (χ1n) is 6.46. The van der Waals surface area contributed by atoms with Crippen molar-refractivity contribution in [3.05, 3.63) is 52.8 Å². The van der Waals surface area contributed by atoms with Crippen LogP contribution in [0.5, 0.6) is 0 Å². The molecule has 0 aliphatic carbocycles. The summed E-state index contributed by atoms with van der Waals surface area (Å²) in [4.78, 5) is 10.9. The van der Waals surface area contributed by atoms with Gasteiger partial charge in [0.1, 0.15) is 11.6 Å². The molecule has 0 unspecified atom stereocenters. The van der Waals surface area contributed by atoms with Gasteiger partial charge in [-0.2, -0.15) is 0 Å². The summed E-state index contributed by atoms with van der Waals surface area (Å²) < 4.78 is 14.9. The Balaban J connectivity index is 2.31. The summed E-state index contributed by atoms with van der Waals surface area (Å²) in [5.41, 5.74) is 1.19. The molecular formula is C16H13BrFN3. The second kappa shape index (κ2) is 5.41. The predicted octanol–water partition coefficient (Wildman–Crippen LogP) is 4.26. The van der Waals surface area contributed by atoms with Crippen LogP contribution >= 0.6 is 15.9 Å². The Labute approximate surface area is 130 Å². The van der Waals surface area contributed by atoms with E-state index in [1.807, 2.05) is 37.2 Å². The number of benzene rings is 2. The maximum absolute atomic E-state index is 14.0. The van der Waals surface area contributed by atoms with E-state index in [9.17, 15) is 4.39 Å². The zero-order valence-corrected chi connectivity index (χ0v) is 13.2. The van der Waals surface area contributed by atoms with Gasteiger partial charge in [-0.1, -0.05) is 28.1 Å². The first-order chi connectivity index (χ1) is 10.1. The van der Waals surface area contributed by atoms with Gasteiger partial charge in [-0.15, -0.1) is 0 Å².